The molecule has 1 aliphatic heterocycles. The lowest BCUT2D eigenvalue weighted by molar-refractivity contribution is -0.137. The van der Waals surface area contributed by atoms with Gasteiger partial charge in [-0.1, -0.05) is 12.1 Å². The van der Waals surface area contributed by atoms with Crippen LogP contribution in [0.3, 0.4) is 0 Å². The monoisotopic (exact) mass is 295 g/mol. The maximum Gasteiger partial charge on any atom is 0.303 e. The summed E-state index contributed by atoms with van der Waals surface area (Å²) in [6.07, 6.45) is 3.01. The molecule has 1 aromatic carbocycles. The van der Waals surface area contributed by atoms with Crippen LogP contribution in [0.25, 0.3) is 0 Å². The zero-order valence-electron chi connectivity index (χ0n) is 12.3. The van der Waals surface area contributed by atoms with E-state index in [0.29, 0.717) is 24.4 Å². The van der Waals surface area contributed by atoms with Crippen LogP contribution < -0.4 is 4.74 Å². The van der Waals surface area contributed by atoms with E-state index in [-0.39, 0.29) is 18.0 Å². The molecule has 0 radical (unpaired) electrons. The third kappa shape index (κ3) is 4.43. The fourth-order valence-electron chi connectivity index (χ4n) is 2.94. The van der Waals surface area contributed by atoms with Crippen molar-refractivity contribution in [1.29, 1.82) is 0 Å². The van der Waals surface area contributed by atoms with E-state index in [2.05, 4.69) is 4.90 Å². The average molecular weight is 295 g/mol. The quantitative estimate of drug-likeness (QED) is 0.876. The summed E-state index contributed by atoms with van der Waals surface area (Å²) in [5.74, 6) is -0.380. The number of benzene rings is 1. The molecule has 1 saturated heterocycles. The smallest absolute Gasteiger partial charge is 0.303 e. The van der Waals surface area contributed by atoms with E-state index in [1.807, 2.05) is 0 Å². The molecule has 0 spiro atoms. The molecular formula is C16H22FNO3. The van der Waals surface area contributed by atoms with Crippen LogP contribution in [0.15, 0.2) is 18.2 Å². The van der Waals surface area contributed by atoms with E-state index >= 15 is 0 Å². The number of methoxy groups -OCH3 is 1. The van der Waals surface area contributed by atoms with Gasteiger partial charge in [0.1, 0.15) is 0 Å². The van der Waals surface area contributed by atoms with Gasteiger partial charge in [0.05, 0.1) is 7.11 Å². The Balaban J connectivity index is 1.95. The van der Waals surface area contributed by atoms with Crippen LogP contribution >= 0.6 is 0 Å². The maximum absolute atomic E-state index is 14.1. The van der Waals surface area contributed by atoms with Crippen molar-refractivity contribution in [3.63, 3.8) is 0 Å². The number of hydrogen-bond acceptors (Lipinski definition) is 3. The molecule has 0 aromatic heterocycles. The Kier molecular flexibility index (Phi) is 5.56. The number of halogens is 1. The first-order chi connectivity index (χ1) is 10.1. The summed E-state index contributed by atoms with van der Waals surface area (Å²) in [6.45, 7) is 2.32. The first-order valence-electron chi connectivity index (χ1n) is 7.35. The first kappa shape index (κ1) is 15.8. The van der Waals surface area contributed by atoms with Crippen molar-refractivity contribution in [3.05, 3.63) is 29.6 Å². The molecule has 21 heavy (non-hydrogen) atoms. The third-order valence-corrected chi connectivity index (χ3v) is 4.03. The van der Waals surface area contributed by atoms with Gasteiger partial charge in [0, 0.05) is 25.1 Å². The fraction of sp³-hybridized carbons (Fsp3) is 0.562. The highest BCUT2D eigenvalue weighted by molar-refractivity contribution is 5.66. The van der Waals surface area contributed by atoms with Crippen molar-refractivity contribution in [3.8, 4) is 5.75 Å². The van der Waals surface area contributed by atoms with Crippen LogP contribution in [0.1, 0.15) is 31.2 Å². The summed E-state index contributed by atoms with van der Waals surface area (Å²) in [6, 6.07) is 5.19. The molecule has 1 fully saturated rings. The summed E-state index contributed by atoms with van der Waals surface area (Å²) >= 11 is 0. The van der Waals surface area contributed by atoms with Gasteiger partial charge in [0.15, 0.2) is 11.6 Å². The van der Waals surface area contributed by atoms with Crippen molar-refractivity contribution in [1.82, 2.24) is 4.90 Å². The Morgan fingerprint density at radius 3 is 3.05 bits per heavy atom. The summed E-state index contributed by atoms with van der Waals surface area (Å²) in [4.78, 5) is 12.9. The van der Waals surface area contributed by atoms with E-state index in [4.69, 9.17) is 9.84 Å². The highest BCUT2D eigenvalue weighted by Crippen LogP contribution is 2.25. The van der Waals surface area contributed by atoms with Crippen LogP contribution in [0.4, 0.5) is 4.39 Å². The van der Waals surface area contributed by atoms with Gasteiger partial charge >= 0.3 is 5.97 Å². The second kappa shape index (κ2) is 7.41. The maximum atomic E-state index is 14.1. The summed E-state index contributed by atoms with van der Waals surface area (Å²) in [5.41, 5.74) is 0.633. The minimum absolute atomic E-state index is 0.214. The van der Waals surface area contributed by atoms with Gasteiger partial charge in [-0.3, -0.25) is 9.69 Å². The molecule has 1 N–H and O–H groups in total. The molecule has 1 atom stereocenters. The minimum atomic E-state index is -0.744. The molecule has 1 aromatic rings. The average Bonchev–Trinajstić information content (AvgIpc) is 2.48. The highest BCUT2D eigenvalue weighted by atomic mass is 19.1. The largest absolute Gasteiger partial charge is 0.494 e. The lowest BCUT2D eigenvalue weighted by Crippen LogP contribution is -2.35. The minimum Gasteiger partial charge on any atom is -0.494 e. The summed E-state index contributed by atoms with van der Waals surface area (Å²) in [7, 11) is 1.46. The zero-order chi connectivity index (χ0) is 15.2. The normalized spacial score (nSPS) is 19.4. The van der Waals surface area contributed by atoms with Gasteiger partial charge in [0.25, 0.3) is 0 Å². The number of piperidine rings is 1. The van der Waals surface area contributed by atoms with Crippen molar-refractivity contribution in [2.24, 2.45) is 5.92 Å². The number of likely N-dealkylation sites (tertiary alicyclic amines) is 1. The number of carboxylic acids is 1. The number of rotatable bonds is 6. The Morgan fingerprint density at radius 1 is 1.52 bits per heavy atom. The Hall–Kier alpha value is -1.62. The standard InChI is InChI=1S/C16H22FNO3/c1-21-14-6-2-5-13(16(14)17)11-18-9-3-4-12(10-18)7-8-15(19)20/h2,5-6,12H,3-4,7-11H2,1H3,(H,19,20). The lowest BCUT2D eigenvalue weighted by Gasteiger charge is -2.32. The second-order valence-corrected chi connectivity index (χ2v) is 5.61. The molecule has 0 bridgehead atoms. The molecule has 1 heterocycles. The Bertz CT molecular complexity index is 492. The molecule has 116 valence electrons. The molecule has 1 aliphatic rings. The van der Waals surface area contributed by atoms with E-state index in [0.717, 1.165) is 25.9 Å². The highest BCUT2D eigenvalue weighted by Gasteiger charge is 2.21. The predicted molar refractivity (Wildman–Crippen MR) is 77.8 cm³/mol. The van der Waals surface area contributed by atoms with Crippen LogP contribution in [0.2, 0.25) is 0 Å². The number of nitrogens with zero attached hydrogens (tertiary/aromatic N) is 1. The molecule has 0 saturated carbocycles. The van der Waals surface area contributed by atoms with Gasteiger partial charge in [-0.2, -0.15) is 0 Å². The topological polar surface area (TPSA) is 49.8 Å². The van der Waals surface area contributed by atoms with Crippen LogP contribution in [0.5, 0.6) is 5.75 Å². The molecule has 5 heteroatoms. The van der Waals surface area contributed by atoms with E-state index in [1.165, 1.54) is 7.11 Å². The van der Waals surface area contributed by atoms with Crippen LogP contribution in [-0.2, 0) is 11.3 Å². The molecule has 0 aliphatic carbocycles. The third-order valence-electron chi connectivity index (χ3n) is 4.03. The number of hydrogen-bond donors (Lipinski definition) is 1. The fourth-order valence-corrected chi connectivity index (χ4v) is 2.94. The van der Waals surface area contributed by atoms with Crippen LogP contribution in [-0.4, -0.2) is 36.2 Å². The first-order valence-corrected chi connectivity index (χ1v) is 7.35. The van der Waals surface area contributed by atoms with E-state index in [9.17, 15) is 9.18 Å². The summed E-state index contributed by atoms with van der Waals surface area (Å²) in [5, 5.41) is 8.76. The van der Waals surface area contributed by atoms with Crippen molar-refractivity contribution in [2.75, 3.05) is 20.2 Å². The van der Waals surface area contributed by atoms with E-state index in [1.54, 1.807) is 18.2 Å². The number of carbonyl (C=O) groups is 1. The SMILES string of the molecule is COc1cccc(CN2CCCC(CCC(=O)O)C2)c1F. The van der Waals surface area contributed by atoms with Gasteiger partial charge in [0.2, 0.25) is 0 Å². The zero-order valence-corrected chi connectivity index (χ0v) is 12.3. The van der Waals surface area contributed by atoms with Gasteiger partial charge in [-0.05, 0) is 37.8 Å². The van der Waals surface area contributed by atoms with Crippen molar-refractivity contribution in [2.45, 2.75) is 32.2 Å². The Labute approximate surface area is 124 Å². The number of aliphatic carboxylic acids is 1. The van der Waals surface area contributed by atoms with E-state index < -0.39 is 5.97 Å². The van der Waals surface area contributed by atoms with Gasteiger partial charge in [-0.25, -0.2) is 4.39 Å². The van der Waals surface area contributed by atoms with Gasteiger partial charge < -0.3 is 9.84 Å². The van der Waals surface area contributed by atoms with Crippen LogP contribution in [0, 0.1) is 11.7 Å². The van der Waals surface area contributed by atoms with Crippen molar-refractivity contribution >= 4 is 5.97 Å². The molecule has 2 rings (SSSR count). The number of ether oxygens (including phenoxy) is 1. The second-order valence-electron chi connectivity index (χ2n) is 5.61. The Morgan fingerprint density at radius 2 is 2.33 bits per heavy atom. The summed E-state index contributed by atoms with van der Waals surface area (Å²) < 4.78 is 19.2. The molecule has 1 unspecified atom stereocenters. The molecular weight excluding hydrogens is 273 g/mol. The molecule has 4 nitrogen and oxygen atoms in total. The molecule has 0 amide bonds. The lowest BCUT2D eigenvalue weighted by atomic mass is 9.93. The predicted octanol–water partition coefficient (Wildman–Crippen LogP) is 2.91. The number of carboxylic acid groups (broad SMARTS) is 1. The van der Waals surface area contributed by atoms with Gasteiger partial charge in [-0.15, -0.1) is 0 Å². The van der Waals surface area contributed by atoms with Crippen molar-refractivity contribution < 1.29 is 19.0 Å².